The number of benzene rings is 2. The van der Waals surface area contributed by atoms with Crippen LogP contribution in [0.15, 0.2) is 77.1 Å². The molecule has 5 nitrogen and oxygen atoms in total. The van der Waals surface area contributed by atoms with Crippen molar-refractivity contribution in [3.63, 3.8) is 0 Å². The van der Waals surface area contributed by atoms with E-state index in [9.17, 15) is 0 Å². The van der Waals surface area contributed by atoms with Crippen molar-refractivity contribution in [3.8, 4) is 5.69 Å². The van der Waals surface area contributed by atoms with Crippen LogP contribution in [0.25, 0.3) is 5.69 Å². The molecule has 0 bridgehead atoms. The van der Waals surface area contributed by atoms with Crippen LogP contribution in [-0.2, 0) is 19.3 Å². The maximum absolute atomic E-state index is 6.05. The zero-order valence-corrected chi connectivity index (χ0v) is 16.4. The Morgan fingerprint density at radius 1 is 0.929 bits per heavy atom. The van der Waals surface area contributed by atoms with Crippen LogP contribution in [0.2, 0.25) is 5.02 Å². The maximum atomic E-state index is 6.05. The normalized spacial score (nSPS) is 11.0. The Morgan fingerprint density at radius 3 is 2.39 bits per heavy atom. The Morgan fingerprint density at radius 2 is 1.68 bits per heavy atom. The van der Waals surface area contributed by atoms with E-state index < -0.39 is 0 Å². The van der Waals surface area contributed by atoms with Crippen molar-refractivity contribution in [1.82, 2.24) is 4.57 Å². The second-order valence-electron chi connectivity index (χ2n) is 6.53. The average Bonchev–Trinajstić information content (AvgIpc) is 3.10. The highest BCUT2D eigenvalue weighted by molar-refractivity contribution is 6.30. The molecule has 0 saturated heterocycles. The maximum Gasteiger partial charge on any atom is 0.211 e. The van der Waals surface area contributed by atoms with Crippen molar-refractivity contribution in [1.29, 1.82) is 0 Å². The van der Waals surface area contributed by atoms with Crippen molar-refractivity contribution in [2.75, 3.05) is 0 Å². The van der Waals surface area contributed by atoms with Crippen LogP contribution in [0.1, 0.15) is 23.2 Å². The molecule has 0 saturated carbocycles. The van der Waals surface area contributed by atoms with Gasteiger partial charge < -0.3 is 16.0 Å². The summed E-state index contributed by atoms with van der Waals surface area (Å²) in [5.41, 5.74) is 15.5. The number of guanidine groups is 1. The summed E-state index contributed by atoms with van der Waals surface area (Å²) in [5.74, 6) is -0.0339. The molecule has 3 aromatic rings. The van der Waals surface area contributed by atoms with E-state index in [1.807, 2.05) is 30.3 Å². The predicted molar refractivity (Wildman–Crippen MR) is 117 cm³/mol. The van der Waals surface area contributed by atoms with Gasteiger partial charge in [-0.2, -0.15) is 5.10 Å². The molecule has 0 unspecified atom stereocenters. The Balaban J connectivity index is 1.77. The second kappa shape index (κ2) is 9.76. The van der Waals surface area contributed by atoms with E-state index in [4.69, 9.17) is 23.1 Å². The third-order valence-electron chi connectivity index (χ3n) is 4.39. The van der Waals surface area contributed by atoms with Crippen LogP contribution in [0.4, 0.5) is 0 Å². The lowest BCUT2D eigenvalue weighted by molar-refractivity contribution is 0.865. The predicted octanol–water partition coefficient (Wildman–Crippen LogP) is 4.11. The summed E-state index contributed by atoms with van der Waals surface area (Å²) < 4.78 is 2.24. The minimum absolute atomic E-state index is 0.0339. The monoisotopic (exact) mass is 393 g/mol. The van der Waals surface area contributed by atoms with E-state index in [0.29, 0.717) is 0 Å². The third kappa shape index (κ3) is 5.72. The first-order valence-corrected chi connectivity index (χ1v) is 9.60. The summed E-state index contributed by atoms with van der Waals surface area (Å²) in [6.45, 7) is 0. The number of hydrogen-bond acceptors (Lipinski definition) is 2. The summed E-state index contributed by atoms with van der Waals surface area (Å²) in [6, 6.07) is 20.7. The van der Waals surface area contributed by atoms with E-state index in [1.54, 1.807) is 6.21 Å². The van der Waals surface area contributed by atoms with Gasteiger partial charge in [0.2, 0.25) is 5.96 Å². The second-order valence-corrected chi connectivity index (χ2v) is 6.97. The SMILES string of the molecule is NC(N)=N/N=C/CCc1cc(CCc2ccccc2)n(-c2ccc(Cl)cc2)c1. The van der Waals surface area contributed by atoms with E-state index in [-0.39, 0.29) is 5.96 Å². The summed E-state index contributed by atoms with van der Waals surface area (Å²) in [7, 11) is 0. The fraction of sp³-hybridized carbons (Fsp3) is 0.182. The van der Waals surface area contributed by atoms with Crippen LogP contribution in [0, 0.1) is 0 Å². The summed E-state index contributed by atoms with van der Waals surface area (Å²) in [5, 5.41) is 8.21. The number of rotatable bonds is 8. The molecule has 0 aliphatic heterocycles. The van der Waals surface area contributed by atoms with E-state index in [0.717, 1.165) is 36.4 Å². The number of aryl methyl sites for hydroxylation is 3. The highest BCUT2D eigenvalue weighted by atomic mass is 35.5. The fourth-order valence-electron chi connectivity index (χ4n) is 3.05. The van der Waals surface area contributed by atoms with Crippen LogP contribution in [0.3, 0.4) is 0 Å². The molecule has 1 heterocycles. The van der Waals surface area contributed by atoms with E-state index >= 15 is 0 Å². The van der Waals surface area contributed by atoms with Crippen molar-refractivity contribution in [2.45, 2.75) is 25.7 Å². The highest BCUT2D eigenvalue weighted by Crippen LogP contribution is 2.21. The smallest absolute Gasteiger partial charge is 0.211 e. The molecule has 144 valence electrons. The van der Waals surface area contributed by atoms with Gasteiger partial charge in [-0.05, 0) is 67.1 Å². The van der Waals surface area contributed by atoms with Crippen molar-refractivity contribution >= 4 is 23.8 Å². The number of aromatic nitrogens is 1. The van der Waals surface area contributed by atoms with Gasteiger partial charge >= 0.3 is 0 Å². The minimum atomic E-state index is -0.0339. The topological polar surface area (TPSA) is 81.7 Å². The van der Waals surface area contributed by atoms with E-state index in [2.05, 4.69) is 51.3 Å². The molecule has 0 atom stereocenters. The van der Waals surface area contributed by atoms with Crippen LogP contribution in [0.5, 0.6) is 0 Å². The van der Waals surface area contributed by atoms with Gasteiger partial charge in [0, 0.05) is 28.8 Å². The fourth-order valence-corrected chi connectivity index (χ4v) is 3.18. The zero-order valence-electron chi connectivity index (χ0n) is 15.6. The lowest BCUT2D eigenvalue weighted by Crippen LogP contribution is -2.21. The van der Waals surface area contributed by atoms with Crippen molar-refractivity contribution in [2.24, 2.45) is 21.7 Å². The standard InChI is InChI=1S/C22H24ClN5/c23-19-9-12-20(13-10-19)28-16-18(7-4-14-26-27-22(24)25)15-21(28)11-8-17-5-2-1-3-6-17/h1-3,5-6,9-10,12-16H,4,7-8,11H2,(H4,24,25,27)/b26-14+. The molecule has 2 aromatic carbocycles. The van der Waals surface area contributed by atoms with Gasteiger partial charge in [-0.15, -0.1) is 5.10 Å². The molecule has 0 amide bonds. The van der Waals surface area contributed by atoms with Gasteiger partial charge in [0.05, 0.1) is 0 Å². The van der Waals surface area contributed by atoms with Crippen molar-refractivity contribution in [3.05, 3.63) is 88.7 Å². The Labute approximate surface area is 170 Å². The largest absolute Gasteiger partial charge is 0.369 e. The molecule has 1 aromatic heterocycles. The molecule has 0 aliphatic carbocycles. The van der Waals surface area contributed by atoms with Crippen LogP contribution >= 0.6 is 11.6 Å². The Hall–Kier alpha value is -3.05. The van der Waals surface area contributed by atoms with Gasteiger partial charge in [-0.1, -0.05) is 41.9 Å². The van der Waals surface area contributed by atoms with Gasteiger partial charge in [0.25, 0.3) is 0 Å². The molecule has 4 N–H and O–H groups in total. The third-order valence-corrected chi connectivity index (χ3v) is 4.64. The molecule has 28 heavy (non-hydrogen) atoms. The van der Waals surface area contributed by atoms with E-state index in [1.165, 1.54) is 16.8 Å². The molecule has 0 radical (unpaired) electrons. The van der Waals surface area contributed by atoms with Crippen LogP contribution in [-0.4, -0.2) is 16.7 Å². The van der Waals surface area contributed by atoms with Gasteiger partial charge in [0.15, 0.2) is 0 Å². The summed E-state index contributed by atoms with van der Waals surface area (Å²) in [4.78, 5) is 0. The number of halogens is 1. The summed E-state index contributed by atoms with van der Waals surface area (Å²) in [6.07, 6.45) is 7.47. The first-order valence-electron chi connectivity index (χ1n) is 9.22. The summed E-state index contributed by atoms with van der Waals surface area (Å²) >= 11 is 6.05. The van der Waals surface area contributed by atoms with Gasteiger partial charge in [-0.3, -0.25) is 0 Å². The first kappa shape index (κ1) is 19.7. The Bertz CT molecular complexity index is 939. The molecular weight excluding hydrogens is 370 g/mol. The average molecular weight is 394 g/mol. The van der Waals surface area contributed by atoms with Gasteiger partial charge in [-0.25, -0.2) is 0 Å². The molecule has 0 spiro atoms. The molecule has 0 aliphatic rings. The molecular formula is C22H24ClN5. The molecule has 0 fully saturated rings. The quantitative estimate of drug-likeness (QED) is 0.343. The lowest BCUT2D eigenvalue weighted by atomic mass is 10.1. The van der Waals surface area contributed by atoms with Gasteiger partial charge in [0.1, 0.15) is 0 Å². The number of nitrogens with zero attached hydrogens (tertiary/aromatic N) is 3. The van der Waals surface area contributed by atoms with Crippen molar-refractivity contribution < 1.29 is 0 Å². The minimum Gasteiger partial charge on any atom is -0.369 e. The zero-order chi connectivity index (χ0) is 19.8. The Kier molecular flexibility index (Phi) is 6.87. The molecule has 6 heteroatoms. The first-order chi connectivity index (χ1) is 13.6. The number of nitrogens with two attached hydrogens (primary N) is 2. The number of hydrogen-bond donors (Lipinski definition) is 2. The molecule has 3 rings (SSSR count). The lowest BCUT2D eigenvalue weighted by Gasteiger charge is -2.09. The van der Waals surface area contributed by atoms with Crippen LogP contribution < -0.4 is 11.5 Å². The highest BCUT2D eigenvalue weighted by Gasteiger charge is 2.08.